The Morgan fingerprint density at radius 1 is 1.12 bits per heavy atom. The molecule has 0 bridgehead atoms. The molecule has 2 N–H and O–H groups in total. The summed E-state index contributed by atoms with van der Waals surface area (Å²) in [4.78, 5) is 19.7. The summed E-state index contributed by atoms with van der Waals surface area (Å²) in [5.74, 6) is 0.866. The van der Waals surface area contributed by atoms with Gasteiger partial charge in [0.05, 0.1) is 11.3 Å². The third-order valence-corrected chi connectivity index (χ3v) is 3.52. The molecule has 0 unspecified atom stereocenters. The zero-order valence-electron chi connectivity index (χ0n) is 13.9. The van der Waals surface area contributed by atoms with Crippen molar-refractivity contribution in [2.45, 2.75) is 13.8 Å². The van der Waals surface area contributed by atoms with Crippen molar-refractivity contribution in [1.82, 2.24) is 9.97 Å². The average Bonchev–Trinajstić information content (AvgIpc) is 2.58. The second-order valence-corrected chi connectivity index (χ2v) is 5.53. The van der Waals surface area contributed by atoms with Crippen LogP contribution in [0.25, 0.3) is 0 Å². The normalized spacial score (nSPS) is 9.92. The summed E-state index contributed by atoms with van der Waals surface area (Å²) in [7, 11) is 0. The molecule has 1 aromatic carbocycles. The minimum atomic E-state index is -0.976. The first-order valence-electron chi connectivity index (χ1n) is 7.70. The van der Waals surface area contributed by atoms with Gasteiger partial charge in [-0.15, -0.1) is 0 Å². The number of carbonyl (C=O) groups is 1. The number of aromatic carboxylic acids is 1. The summed E-state index contributed by atoms with van der Waals surface area (Å²) in [5, 5.41) is 12.1. The molecule has 0 amide bonds. The van der Waals surface area contributed by atoms with Crippen LogP contribution < -0.4 is 10.1 Å². The fourth-order valence-electron chi connectivity index (χ4n) is 2.33. The van der Waals surface area contributed by atoms with Gasteiger partial charge in [0, 0.05) is 23.6 Å². The number of carboxylic acid groups (broad SMARTS) is 1. The number of carboxylic acids is 1. The van der Waals surface area contributed by atoms with Crippen LogP contribution in [-0.4, -0.2) is 50.6 Å². The van der Waals surface area contributed by atoms with E-state index in [1.54, 1.807) is 36.5 Å². The van der Waals surface area contributed by atoms with E-state index < -0.39 is 5.97 Å². The molecule has 7 heteroatoms. The third kappa shape index (κ3) is 5.05. The van der Waals surface area contributed by atoms with Crippen molar-refractivity contribution < 1.29 is 14.6 Å². The van der Waals surface area contributed by atoms with Crippen LogP contribution in [-0.2, 0) is 0 Å². The molecule has 0 fully saturated rings. The summed E-state index contributed by atoms with van der Waals surface area (Å²) in [6.45, 7) is 3.82. The van der Waals surface area contributed by atoms with Crippen molar-refractivity contribution in [2.75, 3.05) is 5.32 Å². The van der Waals surface area contributed by atoms with Crippen LogP contribution in [0, 0.1) is 13.8 Å². The Morgan fingerprint density at radius 3 is 2.65 bits per heavy atom. The third-order valence-electron chi connectivity index (χ3n) is 3.52. The van der Waals surface area contributed by atoms with Crippen molar-refractivity contribution in [3.05, 3.63) is 71.7 Å². The summed E-state index contributed by atoms with van der Waals surface area (Å²) in [6.07, 6.45) is 1.62. The molecule has 26 heavy (non-hydrogen) atoms. The Balaban J connectivity index is 0.00000243. The van der Waals surface area contributed by atoms with Crippen molar-refractivity contribution in [2.24, 2.45) is 0 Å². The van der Waals surface area contributed by atoms with E-state index in [4.69, 9.17) is 9.84 Å². The number of nitrogens with one attached hydrogen (secondary N) is 1. The van der Waals surface area contributed by atoms with Gasteiger partial charge in [-0.1, -0.05) is 6.07 Å². The number of rotatable bonds is 5. The van der Waals surface area contributed by atoms with E-state index in [1.165, 1.54) is 6.07 Å². The monoisotopic (exact) mass is 359 g/mol. The predicted octanol–water partition coefficient (Wildman–Crippen LogP) is 3.68. The van der Waals surface area contributed by atoms with E-state index in [0.29, 0.717) is 23.0 Å². The zero-order chi connectivity index (χ0) is 17.8. The Bertz CT molecular complexity index is 931. The van der Waals surface area contributed by atoms with Crippen LogP contribution >= 0.6 is 0 Å². The molecular formula is C19H18N3NaO3. The maximum atomic E-state index is 11.0. The van der Waals surface area contributed by atoms with Gasteiger partial charge in [-0.05, 0) is 50.2 Å². The van der Waals surface area contributed by atoms with Gasteiger partial charge < -0.3 is 15.2 Å². The van der Waals surface area contributed by atoms with E-state index in [-0.39, 0.29) is 35.1 Å². The number of aromatic nitrogens is 2. The number of benzene rings is 1. The molecule has 3 aromatic rings. The molecule has 128 valence electrons. The van der Waals surface area contributed by atoms with E-state index >= 15 is 0 Å². The molecule has 3 rings (SSSR count). The molecule has 0 saturated heterocycles. The SMILES string of the molecule is Cc1ccc(Oc2ccnc(Nc3cccc(C(=O)O)c3)c2)c(C)n1.[NaH]. The molecule has 0 aliphatic rings. The number of ether oxygens (including phenoxy) is 1. The summed E-state index contributed by atoms with van der Waals surface area (Å²) < 4.78 is 5.87. The van der Waals surface area contributed by atoms with E-state index in [0.717, 1.165) is 11.4 Å². The molecule has 0 aliphatic heterocycles. The van der Waals surface area contributed by atoms with E-state index in [1.807, 2.05) is 26.0 Å². The van der Waals surface area contributed by atoms with Crippen LogP contribution in [0.4, 0.5) is 11.5 Å². The number of hydrogen-bond acceptors (Lipinski definition) is 5. The van der Waals surface area contributed by atoms with Gasteiger partial charge in [-0.3, -0.25) is 4.98 Å². The van der Waals surface area contributed by atoms with Gasteiger partial charge in [-0.25, -0.2) is 9.78 Å². The second kappa shape index (κ2) is 8.80. The average molecular weight is 359 g/mol. The molecule has 0 radical (unpaired) electrons. The van der Waals surface area contributed by atoms with Gasteiger partial charge in [0.25, 0.3) is 0 Å². The number of nitrogens with zero attached hydrogens (tertiary/aromatic N) is 2. The van der Waals surface area contributed by atoms with E-state index in [9.17, 15) is 4.79 Å². The number of aryl methyl sites for hydroxylation is 2. The van der Waals surface area contributed by atoms with Crippen LogP contribution in [0.15, 0.2) is 54.7 Å². The summed E-state index contributed by atoms with van der Waals surface area (Å²) in [6, 6.07) is 13.8. The quantitative estimate of drug-likeness (QED) is 0.676. The number of hydrogen-bond donors (Lipinski definition) is 2. The summed E-state index contributed by atoms with van der Waals surface area (Å²) >= 11 is 0. The molecular weight excluding hydrogens is 341 g/mol. The zero-order valence-corrected chi connectivity index (χ0v) is 13.9. The van der Waals surface area contributed by atoms with Gasteiger partial charge in [0.15, 0.2) is 0 Å². The van der Waals surface area contributed by atoms with Crippen molar-refractivity contribution in [1.29, 1.82) is 0 Å². The second-order valence-electron chi connectivity index (χ2n) is 5.53. The Kier molecular flexibility index (Phi) is 6.74. The van der Waals surface area contributed by atoms with Crippen LogP contribution in [0.5, 0.6) is 11.5 Å². The fraction of sp³-hybridized carbons (Fsp3) is 0.105. The molecule has 0 aliphatic carbocycles. The first kappa shape index (κ1) is 19.9. The number of anilines is 2. The van der Waals surface area contributed by atoms with E-state index in [2.05, 4.69) is 15.3 Å². The molecule has 2 aromatic heterocycles. The first-order chi connectivity index (χ1) is 12.0. The summed E-state index contributed by atoms with van der Waals surface area (Å²) in [5.41, 5.74) is 2.58. The standard InChI is InChI=1S/C19H17N3O3.Na.H/c1-12-6-7-17(13(2)21-12)25-16-8-9-20-18(11-16)22-15-5-3-4-14(10-15)19(23)24;;/h3-11H,1-2H3,(H,20,22)(H,23,24);;. The molecule has 6 nitrogen and oxygen atoms in total. The van der Waals surface area contributed by atoms with Gasteiger partial charge >= 0.3 is 35.5 Å². The van der Waals surface area contributed by atoms with Gasteiger partial charge in [-0.2, -0.15) is 0 Å². The minimum absolute atomic E-state index is 0. The Morgan fingerprint density at radius 2 is 1.92 bits per heavy atom. The molecule has 0 atom stereocenters. The van der Waals surface area contributed by atoms with Crippen LogP contribution in [0.3, 0.4) is 0 Å². The van der Waals surface area contributed by atoms with Gasteiger partial charge in [0.1, 0.15) is 17.3 Å². The first-order valence-corrected chi connectivity index (χ1v) is 7.70. The van der Waals surface area contributed by atoms with Crippen LogP contribution in [0.1, 0.15) is 21.7 Å². The van der Waals surface area contributed by atoms with Gasteiger partial charge in [0.2, 0.25) is 0 Å². The number of pyridine rings is 2. The molecule has 2 heterocycles. The van der Waals surface area contributed by atoms with Crippen molar-refractivity contribution in [3.63, 3.8) is 0 Å². The predicted molar refractivity (Wildman–Crippen MR) is 102 cm³/mol. The Labute approximate surface area is 173 Å². The maximum absolute atomic E-state index is 11.0. The van der Waals surface area contributed by atoms with Crippen LogP contribution in [0.2, 0.25) is 0 Å². The fourth-order valence-corrected chi connectivity index (χ4v) is 2.33. The molecule has 0 spiro atoms. The molecule has 0 saturated carbocycles. The Hall–Kier alpha value is -2.41. The van der Waals surface area contributed by atoms with Crippen molar-refractivity contribution >= 4 is 47.0 Å². The van der Waals surface area contributed by atoms with Crippen molar-refractivity contribution in [3.8, 4) is 11.5 Å². The topological polar surface area (TPSA) is 84.3 Å².